The number of aliphatic hydroxyl groups is 1. The van der Waals surface area contributed by atoms with Gasteiger partial charge in [0.2, 0.25) is 0 Å². The molecule has 3 rings (SSSR count). The molecule has 0 radical (unpaired) electrons. The summed E-state index contributed by atoms with van der Waals surface area (Å²) in [6, 6.07) is 15.5. The maximum absolute atomic E-state index is 12.1. The van der Waals surface area contributed by atoms with Crippen LogP contribution in [0.25, 0.3) is 0 Å². The van der Waals surface area contributed by atoms with Crippen LogP contribution in [0.3, 0.4) is 0 Å². The molecule has 2 aromatic rings. The Morgan fingerprint density at radius 3 is 2.87 bits per heavy atom. The molecule has 1 atom stereocenters. The molecule has 3 N–H and O–H groups in total. The largest absolute Gasteiger partial charge is 0.482 e. The summed E-state index contributed by atoms with van der Waals surface area (Å²) in [6.07, 6.45) is -0.0310. The minimum atomic E-state index is -0.0310. The molecule has 0 saturated heterocycles. The first-order valence-corrected chi connectivity index (χ1v) is 7.72. The normalized spacial score (nSPS) is 16.1. The summed E-state index contributed by atoms with van der Waals surface area (Å²) in [6.45, 7) is 1.31. The van der Waals surface area contributed by atoms with Crippen molar-refractivity contribution >= 4 is 11.5 Å². The number of hydrogen-bond acceptors (Lipinski definition) is 5. The molecule has 0 fully saturated rings. The number of carbonyl (C=O) groups excluding carboxylic acids is 1. The number of nitrogens with one attached hydrogen (secondary N) is 2. The van der Waals surface area contributed by atoms with Crippen LogP contribution < -0.4 is 15.4 Å². The molecular weight excluding hydrogens is 292 g/mol. The number of Topliss-reactive ketones (excluding diaryl/α,β-unsaturated/α-hetero) is 1. The first-order valence-electron chi connectivity index (χ1n) is 7.72. The highest BCUT2D eigenvalue weighted by atomic mass is 16.5. The Hall–Kier alpha value is -2.37. The highest BCUT2D eigenvalue weighted by Gasteiger charge is 2.21. The van der Waals surface area contributed by atoms with Crippen LogP contribution in [0.2, 0.25) is 0 Å². The molecule has 0 spiro atoms. The summed E-state index contributed by atoms with van der Waals surface area (Å²) in [7, 11) is 0. The third-order valence-corrected chi connectivity index (χ3v) is 3.79. The summed E-state index contributed by atoms with van der Waals surface area (Å²) in [5.41, 5.74) is 2.59. The average molecular weight is 312 g/mol. The molecule has 0 aromatic heterocycles. The minimum absolute atomic E-state index is 0.00627. The van der Waals surface area contributed by atoms with Gasteiger partial charge in [-0.3, -0.25) is 4.79 Å². The summed E-state index contributed by atoms with van der Waals surface area (Å²) in [5.74, 6) is 0.748. The lowest BCUT2D eigenvalue weighted by atomic mass is 10.1. The average Bonchev–Trinajstić information content (AvgIpc) is 2.61. The number of ketones is 1. The van der Waals surface area contributed by atoms with Crippen molar-refractivity contribution in [2.45, 2.75) is 6.10 Å². The smallest absolute Gasteiger partial charge is 0.176 e. The molecule has 2 aromatic carbocycles. The van der Waals surface area contributed by atoms with Gasteiger partial charge in [0.1, 0.15) is 11.9 Å². The molecule has 1 unspecified atom stereocenters. The molecule has 1 aliphatic rings. The summed E-state index contributed by atoms with van der Waals surface area (Å²) >= 11 is 0. The van der Waals surface area contributed by atoms with E-state index in [2.05, 4.69) is 10.6 Å². The molecule has 5 heteroatoms. The number of ether oxygens (including phenoxy) is 1. The van der Waals surface area contributed by atoms with Crippen LogP contribution >= 0.6 is 0 Å². The Bertz CT molecular complexity index is 673. The molecule has 0 aliphatic carbocycles. The Morgan fingerprint density at radius 1 is 1.26 bits per heavy atom. The summed E-state index contributed by atoms with van der Waals surface area (Å²) in [5, 5.41) is 15.0. The van der Waals surface area contributed by atoms with Crippen molar-refractivity contribution in [3.8, 4) is 5.75 Å². The van der Waals surface area contributed by atoms with E-state index in [1.54, 1.807) is 6.07 Å². The highest BCUT2D eigenvalue weighted by molar-refractivity contribution is 5.98. The zero-order valence-electron chi connectivity index (χ0n) is 12.8. The van der Waals surface area contributed by atoms with E-state index >= 15 is 0 Å². The fraction of sp³-hybridized carbons (Fsp3) is 0.278. The lowest BCUT2D eigenvalue weighted by Crippen LogP contribution is -2.26. The van der Waals surface area contributed by atoms with Crippen LogP contribution in [0.1, 0.15) is 22.0 Å². The molecule has 1 aliphatic heterocycles. The van der Waals surface area contributed by atoms with Crippen LogP contribution in [0.15, 0.2) is 48.5 Å². The first kappa shape index (κ1) is 15.5. The number of anilines is 1. The van der Waals surface area contributed by atoms with Gasteiger partial charge in [0.15, 0.2) is 5.78 Å². The van der Waals surface area contributed by atoms with E-state index < -0.39 is 0 Å². The Balaban J connectivity index is 1.70. The molecule has 120 valence electrons. The second-order valence-electron chi connectivity index (χ2n) is 5.43. The van der Waals surface area contributed by atoms with Gasteiger partial charge in [-0.15, -0.1) is 0 Å². The minimum Gasteiger partial charge on any atom is -0.482 e. The van der Waals surface area contributed by atoms with E-state index in [1.807, 2.05) is 42.5 Å². The third-order valence-electron chi connectivity index (χ3n) is 3.79. The SMILES string of the molecule is O=C(CNCCO)c1ccc2c(c1)NCC(c1ccccc1)O2. The number of hydrogen-bond donors (Lipinski definition) is 3. The quantitative estimate of drug-likeness (QED) is 0.562. The van der Waals surface area contributed by atoms with Gasteiger partial charge in [-0.1, -0.05) is 30.3 Å². The summed E-state index contributed by atoms with van der Waals surface area (Å²) < 4.78 is 6.03. The fourth-order valence-corrected chi connectivity index (χ4v) is 2.58. The zero-order valence-corrected chi connectivity index (χ0v) is 12.8. The van der Waals surface area contributed by atoms with Crippen molar-refractivity contribution in [2.75, 3.05) is 31.6 Å². The van der Waals surface area contributed by atoms with E-state index in [9.17, 15) is 4.79 Å². The van der Waals surface area contributed by atoms with Gasteiger partial charge in [-0.25, -0.2) is 0 Å². The monoisotopic (exact) mass is 312 g/mol. The van der Waals surface area contributed by atoms with E-state index in [4.69, 9.17) is 9.84 Å². The number of carbonyl (C=O) groups is 1. The number of rotatable bonds is 6. The maximum Gasteiger partial charge on any atom is 0.176 e. The number of fused-ring (bicyclic) bond motifs is 1. The second kappa shape index (κ2) is 7.26. The van der Waals surface area contributed by atoms with Crippen LogP contribution in [0, 0.1) is 0 Å². The predicted molar refractivity (Wildman–Crippen MR) is 89.0 cm³/mol. The number of aliphatic hydroxyl groups excluding tert-OH is 1. The van der Waals surface area contributed by atoms with E-state index in [0.717, 1.165) is 17.0 Å². The van der Waals surface area contributed by atoms with Crippen molar-refractivity contribution in [3.05, 3.63) is 59.7 Å². The van der Waals surface area contributed by atoms with Gasteiger partial charge in [-0.2, -0.15) is 0 Å². The molecule has 5 nitrogen and oxygen atoms in total. The maximum atomic E-state index is 12.1. The topological polar surface area (TPSA) is 70.6 Å². The summed E-state index contributed by atoms with van der Waals surface area (Å²) in [4.78, 5) is 12.1. The van der Waals surface area contributed by atoms with Crippen LogP contribution in [-0.4, -0.2) is 37.1 Å². The Kier molecular flexibility index (Phi) is 4.90. The van der Waals surface area contributed by atoms with Gasteiger partial charge < -0.3 is 20.5 Å². The predicted octanol–water partition coefficient (Wildman–Crippen LogP) is 2.00. The number of benzene rings is 2. The molecule has 23 heavy (non-hydrogen) atoms. The van der Waals surface area contributed by atoms with Crippen molar-refractivity contribution < 1.29 is 14.6 Å². The van der Waals surface area contributed by atoms with Crippen molar-refractivity contribution in [3.63, 3.8) is 0 Å². The zero-order chi connectivity index (χ0) is 16.1. The highest BCUT2D eigenvalue weighted by Crippen LogP contribution is 2.34. The van der Waals surface area contributed by atoms with Gasteiger partial charge in [0, 0.05) is 12.1 Å². The molecule has 1 heterocycles. The van der Waals surface area contributed by atoms with Crippen molar-refractivity contribution in [2.24, 2.45) is 0 Å². The van der Waals surface area contributed by atoms with E-state index in [0.29, 0.717) is 18.7 Å². The first-order chi connectivity index (χ1) is 11.3. The van der Waals surface area contributed by atoms with Crippen LogP contribution in [0.5, 0.6) is 5.75 Å². The van der Waals surface area contributed by atoms with Crippen LogP contribution in [-0.2, 0) is 0 Å². The second-order valence-corrected chi connectivity index (χ2v) is 5.43. The van der Waals surface area contributed by atoms with Crippen LogP contribution in [0.4, 0.5) is 5.69 Å². The van der Waals surface area contributed by atoms with Gasteiger partial charge >= 0.3 is 0 Å². The van der Waals surface area contributed by atoms with Gasteiger partial charge in [0.25, 0.3) is 0 Å². The van der Waals surface area contributed by atoms with Crippen molar-refractivity contribution in [1.29, 1.82) is 0 Å². The molecular formula is C18H20N2O3. The lowest BCUT2D eigenvalue weighted by Gasteiger charge is -2.28. The Morgan fingerprint density at radius 2 is 2.09 bits per heavy atom. The Labute approximate surface area is 135 Å². The van der Waals surface area contributed by atoms with E-state index in [1.165, 1.54) is 0 Å². The molecule has 0 amide bonds. The fourth-order valence-electron chi connectivity index (χ4n) is 2.58. The molecule has 0 saturated carbocycles. The van der Waals surface area contributed by atoms with Gasteiger partial charge in [0.05, 0.1) is 25.4 Å². The van der Waals surface area contributed by atoms with Crippen molar-refractivity contribution in [1.82, 2.24) is 5.32 Å². The molecule has 0 bridgehead atoms. The van der Waals surface area contributed by atoms with E-state index in [-0.39, 0.29) is 25.0 Å². The lowest BCUT2D eigenvalue weighted by molar-refractivity contribution is 0.0989. The standard InChI is InChI=1S/C18H20N2O3/c21-9-8-19-11-16(22)14-6-7-17-15(10-14)20-12-18(23-17)13-4-2-1-3-5-13/h1-7,10,18-21H,8-9,11-12H2. The van der Waals surface area contributed by atoms with Gasteiger partial charge in [-0.05, 0) is 23.8 Å². The third kappa shape index (κ3) is 3.70.